The van der Waals surface area contributed by atoms with Crippen LogP contribution in [-0.4, -0.2) is 20.4 Å². The average molecular weight is 241 g/mol. The van der Waals surface area contributed by atoms with Crippen molar-refractivity contribution in [2.75, 3.05) is 0 Å². The second-order valence-electron chi connectivity index (χ2n) is 3.65. The molecule has 0 fully saturated rings. The third-order valence-corrected chi connectivity index (χ3v) is 2.24. The summed E-state index contributed by atoms with van der Waals surface area (Å²) in [6.07, 6.45) is 1.71. The number of nitrogens with zero attached hydrogens (tertiary/aromatic N) is 3. The van der Waals surface area contributed by atoms with Crippen molar-refractivity contribution in [3.63, 3.8) is 0 Å². The highest BCUT2D eigenvalue weighted by molar-refractivity contribution is 5.69. The normalized spacial score (nSPS) is 12.2. The van der Waals surface area contributed by atoms with Gasteiger partial charge in [0.25, 0.3) is 0 Å². The van der Waals surface area contributed by atoms with Gasteiger partial charge in [-0.3, -0.25) is 9.36 Å². The van der Waals surface area contributed by atoms with Gasteiger partial charge in [-0.2, -0.15) is 0 Å². The molecule has 1 unspecified atom stereocenters. The van der Waals surface area contributed by atoms with Crippen molar-refractivity contribution in [3.8, 4) is 0 Å². The predicted molar refractivity (Wildman–Crippen MR) is 59.3 cm³/mol. The van der Waals surface area contributed by atoms with E-state index in [-0.39, 0.29) is 11.8 Å². The van der Waals surface area contributed by atoms with E-state index in [2.05, 4.69) is 4.98 Å². The zero-order valence-electron chi connectivity index (χ0n) is 10.0. The van der Waals surface area contributed by atoms with E-state index in [1.54, 1.807) is 13.8 Å². The predicted octanol–water partition coefficient (Wildman–Crippen LogP) is 1.96. The minimum Gasteiger partial charge on any atom is -0.441 e. The van der Waals surface area contributed by atoms with E-state index in [0.717, 1.165) is 0 Å². The van der Waals surface area contributed by atoms with Gasteiger partial charge in [-0.05, 0) is 23.3 Å². The van der Waals surface area contributed by atoms with Crippen LogP contribution in [0.2, 0.25) is 0 Å². The number of hydrogen-bond acceptors (Lipinski definition) is 5. The fourth-order valence-electron chi connectivity index (χ4n) is 1.44. The van der Waals surface area contributed by atoms with E-state index in [9.17, 15) is 14.9 Å². The highest BCUT2D eigenvalue weighted by Crippen LogP contribution is 2.17. The van der Waals surface area contributed by atoms with Gasteiger partial charge in [-0.25, -0.2) is 0 Å². The van der Waals surface area contributed by atoms with Gasteiger partial charge in [0.2, 0.25) is 5.82 Å². The molecule has 0 amide bonds. The summed E-state index contributed by atoms with van der Waals surface area (Å²) in [5.74, 6) is -0.134. The molecule has 7 heteroatoms. The molecule has 1 rings (SSSR count). The summed E-state index contributed by atoms with van der Waals surface area (Å²) in [5.41, 5.74) is 0. The number of carbonyl (C=O) groups is 1. The van der Waals surface area contributed by atoms with Crippen LogP contribution in [0.25, 0.3) is 0 Å². The molecule has 94 valence electrons. The molecule has 0 N–H and O–H groups in total. The van der Waals surface area contributed by atoms with Crippen molar-refractivity contribution >= 4 is 11.8 Å². The summed E-state index contributed by atoms with van der Waals surface area (Å²) in [7, 11) is 0. The lowest BCUT2D eigenvalue weighted by Crippen LogP contribution is -2.14. The monoisotopic (exact) mass is 241 g/mol. The average Bonchev–Trinajstić information content (AvgIpc) is 2.60. The molecule has 0 saturated heterocycles. The standard InChI is InChI=1S/C10H15N3O4/c1-4-5-10(14)17-8(3)12-6-9(13(15)16)11-7(12)2/h6,8H,4-5H2,1-3H3. The molecule has 17 heavy (non-hydrogen) atoms. The smallest absolute Gasteiger partial charge is 0.381 e. The Bertz CT molecular complexity index is 427. The molecule has 1 atom stereocenters. The first-order valence-corrected chi connectivity index (χ1v) is 5.35. The maximum absolute atomic E-state index is 11.3. The van der Waals surface area contributed by atoms with Gasteiger partial charge in [-0.1, -0.05) is 6.92 Å². The molecule has 1 heterocycles. The number of carbonyl (C=O) groups excluding carboxylic acids is 1. The van der Waals surface area contributed by atoms with Crippen LogP contribution in [0.4, 0.5) is 5.82 Å². The molecule has 1 aromatic rings. The van der Waals surface area contributed by atoms with Gasteiger partial charge in [0.15, 0.2) is 6.23 Å². The van der Waals surface area contributed by atoms with Gasteiger partial charge in [-0.15, -0.1) is 0 Å². The van der Waals surface area contributed by atoms with Crippen LogP contribution in [0.5, 0.6) is 0 Å². The fourth-order valence-corrected chi connectivity index (χ4v) is 1.44. The number of imidazole rings is 1. The summed E-state index contributed by atoms with van der Waals surface area (Å²) >= 11 is 0. The minimum atomic E-state index is -0.588. The van der Waals surface area contributed by atoms with E-state index in [1.165, 1.54) is 10.8 Å². The summed E-state index contributed by atoms with van der Waals surface area (Å²) in [6.45, 7) is 5.14. The number of ether oxygens (including phenoxy) is 1. The molecule has 0 spiro atoms. The molecule has 0 bridgehead atoms. The number of esters is 1. The van der Waals surface area contributed by atoms with Gasteiger partial charge in [0.05, 0.1) is 0 Å². The molecule has 0 radical (unpaired) electrons. The third kappa shape index (κ3) is 3.27. The van der Waals surface area contributed by atoms with Crippen molar-refractivity contribution in [1.29, 1.82) is 0 Å². The second kappa shape index (κ2) is 5.42. The highest BCUT2D eigenvalue weighted by atomic mass is 16.6. The quantitative estimate of drug-likeness (QED) is 0.446. The second-order valence-corrected chi connectivity index (χ2v) is 3.65. The van der Waals surface area contributed by atoms with Crippen molar-refractivity contribution < 1.29 is 14.5 Å². The molecule has 0 aliphatic heterocycles. The number of hydrogen-bond donors (Lipinski definition) is 0. The van der Waals surface area contributed by atoms with Crippen LogP contribution in [0.1, 0.15) is 38.7 Å². The molecule has 0 aliphatic carbocycles. The van der Waals surface area contributed by atoms with Gasteiger partial charge >= 0.3 is 11.8 Å². The molecular weight excluding hydrogens is 226 g/mol. The van der Waals surface area contributed by atoms with Gasteiger partial charge < -0.3 is 14.9 Å². The first-order valence-electron chi connectivity index (χ1n) is 5.35. The van der Waals surface area contributed by atoms with Crippen LogP contribution in [0, 0.1) is 17.0 Å². The first kappa shape index (κ1) is 13.1. The van der Waals surface area contributed by atoms with Crippen molar-refractivity contribution in [3.05, 3.63) is 22.1 Å². The lowest BCUT2D eigenvalue weighted by molar-refractivity contribution is -0.389. The third-order valence-electron chi connectivity index (χ3n) is 2.24. The molecule has 0 aromatic carbocycles. The molecule has 0 aliphatic rings. The van der Waals surface area contributed by atoms with E-state index < -0.39 is 11.2 Å². The highest BCUT2D eigenvalue weighted by Gasteiger charge is 2.20. The van der Waals surface area contributed by atoms with Crippen molar-refractivity contribution in [1.82, 2.24) is 9.55 Å². The van der Waals surface area contributed by atoms with E-state index in [0.29, 0.717) is 18.7 Å². The Morgan fingerprint density at radius 2 is 2.35 bits per heavy atom. The topological polar surface area (TPSA) is 87.3 Å². The lowest BCUT2D eigenvalue weighted by Gasteiger charge is -2.13. The van der Waals surface area contributed by atoms with Crippen molar-refractivity contribution in [2.45, 2.75) is 39.8 Å². The summed E-state index contributed by atoms with van der Waals surface area (Å²) < 4.78 is 6.58. The maximum atomic E-state index is 11.3. The molecule has 7 nitrogen and oxygen atoms in total. The van der Waals surface area contributed by atoms with E-state index in [1.807, 2.05) is 6.92 Å². The summed E-state index contributed by atoms with van der Waals surface area (Å²) in [4.78, 5) is 25.0. The number of aryl methyl sites for hydroxylation is 1. The van der Waals surface area contributed by atoms with Crippen LogP contribution < -0.4 is 0 Å². The minimum absolute atomic E-state index is 0.249. The Morgan fingerprint density at radius 1 is 1.71 bits per heavy atom. The lowest BCUT2D eigenvalue weighted by atomic mass is 10.3. The van der Waals surface area contributed by atoms with Gasteiger partial charge in [0, 0.05) is 13.3 Å². The fraction of sp³-hybridized carbons (Fsp3) is 0.600. The Morgan fingerprint density at radius 3 is 2.82 bits per heavy atom. The number of nitro groups is 1. The van der Waals surface area contributed by atoms with Crippen LogP contribution >= 0.6 is 0 Å². The van der Waals surface area contributed by atoms with Crippen LogP contribution in [0.15, 0.2) is 6.20 Å². The van der Waals surface area contributed by atoms with E-state index in [4.69, 9.17) is 4.74 Å². The van der Waals surface area contributed by atoms with E-state index >= 15 is 0 Å². The Balaban J connectivity index is 2.78. The number of rotatable bonds is 5. The zero-order valence-corrected chi connectivity index (χ0v) is 10.0. The summed E-state index contributed by atoms with van der Waals surface area (Å²) in [6, 6.07) is 0. The Kier molecular flexibility index (Phi) is 4.19. The SMILES string of the molecule is CCCC(=O)OC(C)n1cc([N+](=O)[O-])nc1C. The molecular formula is C10H15N3O4. The van der Waals surface area contributed by atoms with Crippen molar-refractivity contribution in [2.24, 2.45) is 0 Å². The Hall–Kier alpha value is -1.92. The molecule has 1 aromatic heterocycles. The first-order chi connectivity index (χ1) is 7.95. The maximum Gasteiger partial charge on any atom is 0.381 e. The zero-order chi connectivity index (χ0) is 13.0. The largest absolute Gasteiger partial charge is 0.441 e. The van der Waals surface area contributed by atoms with Crippen LogP contribution in [0.3, 0.4) is 0 Å². The Labute approximate surface area is 98.6 Å². The number of aromatic nitrogens is 2. The molecule has 0 saturated carbocycles. The van der Waals surface area contributed by atoms with Gasteiger partial charge in [0.1, 0.15) is 6.20 Å². The van der Waals surface area contributed by atoms with Crippen LogP contribution in [-0.2, 0) is 9.53 Å². The summed E-state index contributed by atoms with van der Waals surface area (Å²) in [5, 5.41) is 10.5.